The lowest BCUT2D eigenvalue weighted by atomic mass is 10.0. The summed E-state index contributed by atoms with van der Waals surface area (Å²) in [5.41, 5.74) is 1.60. The number of halogens is 2. The molecule has 0 spiro atoms. The third-order valence-electron chi connectivity index (χ3n) is 4.82. The number of hydrogen-bond acceptors (Lipinski definition) is 4. The van der Waals surface area contributed by atoms with E-state index in [1.165, 1.54) is 4.90 Å². The normalized spacial score (nSPS) is 18.6. The van der Waals surface area contributed by atoms with Gasteiger partial charge in [0.1, 0.15) is 25.4 Å². The molecule has 1 saturated heterocycles. The monoisotopic (exact) mass is 406 g/mol. The highest BCUT2D eigenvalue weighted by Gasteiger charge is 2.33. The number of morpholine rings is 1. The number of aromatic hydroxyl groups is 1. The fourth-order valence-corrected chi connectivity index (χ4v) is 3.84. The van der Waals surface area contributed by atoms with Crippen molar-refractivity contribution in [1.82, 2.24) is 0 Å². The number of nitrogens with one attached hydrogen (secondary N) is 1. The molecule has 2 aromatic rings. The number of phenols is 1. The van der Waals surface area contributed by atoms with Crippen molar-refractivity contribution in [3.8, 4) is 11.5 Å². The van der Waals surface area contributed by atoms with Crippen LogP contribution >= 0.6 is 23.2 Å². The number of rotatable bonds is 3. The molecule has 7 heteroatoms. The first-order valence-corrected chi connectivity index (χ1v) is 9.44. The average molecular weight is 407 g/mol. The second-order valence-corrected chi connectivity index (χ2v) is 7.37. The first-order valence-electron chi connectivity index (χ1n) is 8.69. The van der Waals surface area contributed by atoms with Crippen molar-refractivity contribution < 1.29 is 24.3 Å². The average Bonchev–Trinajstić information content (AvgIpc) is 2.98. The van der Waals surface area contributed by atoms with Crippen LogP contribution in [0.25, 0.3) is 6.08 Å². The quantitative estimate of drug-likeness (QED) is 0.769. The molecule has 140 valence electrons. The molecule has 5 nitrogen and oxygen atoms in total. The minimum absolute atomic E-state index is 0.123. The van der Waals surface area contributed by atoms with Crippen molar-refractivity contribution in [2.24, 2.45) is 0 Å². The molecule has 0 saturated carbocycles. The van der Waals surface area contributed by atoms with E-state index in [4.69, 9.17) is 32.7 Å². The molecule has 0 aromatic heterocycles. The smallest absolute Gasteiger partial charge is 0.231 e. The second kappa shape index (κ2) is 7.52. The van der Waals surface area contributed by atoms with Gasteiger partial charge in [-0.2, -0.15) is 0 Å². The number of fused-ring (bicyclic) bond motifs is 1. The number of benzene rings is 2. The Morgan fingerprint density at radius 1 is 1.11 bits per heavy atom. The van der Waals surface area contributed by atoms with Crippen LogP contribution in [0, 0.1) is 0 Å². The van der Waals surface area contributed by atoms with Crippen LogP contribution in [0.3, 0.4) is 0 Å². The first kappa shape index (κ1) is 18.3. The fraction of sp³-hybridized carbons (Fsp3) is 0.250. The highest BCUT2D eigenvalue weighted by Crippen LogP contribution is 2.40. The minimum Gasteiger partial charge on any atom is -0.507 e. The predicted octanol–water partition coefficient (Wildman–Crippen LogP) is 2.73. The topological polar surface area (TPSA) is 60.2 Å². The summed E-state index contributed by atoms with van der Waals surface area (Å²) in [5.74, 6) is 0.425. The maximum atomic E-state index is 12.8. The maximum absolute atomic E-state index is 12.8. The van der Waals surface area contributed by atoms with E-state index in [0.29, 0.717) is 52.2 Å². The van der Waals surface area contributed by atoms with E-state index in [2.05, 4.69) is 0 Å². The van der Waals surface area contributed by atoms with Gasteiger partial charge in [0.05, 0.1) is 24.3 Å². The van der Waals surface area contributed by atoms with Crippen molar-refractivity contribution in [3.63, 3.8) is 0 Å². The Hall–Kier alpha value is -2.05. The molecule has 0 atom stereocenters. The number of ketones is 1. The number of quaternary nitrogens is 1. The van der Waals surface area contributed by atoms with E-state index in [1.807, 2.05) is 0 Å². The summed E-state index contributed by atoms with van der Waals surface area (Å²) in [6.45, 7) is 3.61. The van der Waals surface area contributed by atoms with Gasteiger partial charge in [0.2, 0.25) is 5.78 Å². The molecule has 0 amide bonds. The van der Waals surface area contributed by atoms with Gasteiger partial charge in [-0.15, -0.1) is 0 Å². The highest BCUT2D eigenvalue weighted by molar-refractivity contribution is 6.37. The number of carbonyl (C=O) groups is 1. The molecular weight excluding hydrogens is 389 g/mol. The molecule has 0 radical (unpaired) electrons. The summed E-state index contributed by atoms with van der Waals surface area (Å²) in [6.07, 6.45) is 1.55. The van der Waals surface area contributed by atoms with Gasteiger partial charge in [0.25, 0.3) is 0 Å². The number of carbonyl (C=O) groups excluding carboxylic acids is 1. The van der Waals surface area contributed by atoms with Crippen molar-refractivity contribution in [2.75, 3.05) is 26.3 Å². The zero-order chi connectivity index (χ0) is 19.0. The van der Waals surface area contributed by atoms with E-state index in [9.17, 15) is 9.90 Å². The van der Waals surface area contributed by atoms with E-state index >= 15 is 0 Å². The third kappa shape index (κ3) is 3.56. The maximum Gasteiger partial charge on any atom is 0.231 e. The summed E-state index contributed by atoms with van der Waals surface area (Å²) in [7, 11) is 0. The molecule has 0 aliphatic carbocycles. The number of Topliss-reactive ketones (excluding diaryl/α,β-unsaturated/α-hetero) is 1. The van der Waals surface area contributed by atoms with Crippen LogP contribution in [0.15, 0.2) is 36.1 Å². The molecule has 27 heavy (non-hydrogen) atoms. The van der Waals surface area contributed by atoms with E-state index in [0.717, 1.165) is 13.1 Å². The van der Waals surface area contributed by atoms with Crippen LogP contribution in [-0.2, 0) is 11.3 Å². The second-order valence-electron chi connectivity index (χ2n) is 6.55. The van der Waals surface area contributed by atoms with Gasteiger partial charge in [-0.1, -0.05) is 29.3 Å². The fourth-order valence-electron chi connectivity index (χ4n) is 3.33. The molecule has 2 aliphatic heterocycles. The lowest BCUT2D eigenvalue weighted by Crippen LogP contribution is -3.12. The van der Waals surface area contributed by atoms with Crippen LogP contribution in [-0.4, -0.2) is 37.2 Å². The summed E-state index contributed by atoms with van der Waals surface area (Å²) in [5, 5.41) is 11.2. The van der Waals surface area contributed by atoms with Crippen molar-refractivity contribution in [1.29, 1.82) is 0 Å². The van der Waals surface area contributed by atoms with Gasteiger partial charge < -0.3 is 19.5 Å². The molecule has 4 rings (SSSR count). The largest absolute Gasteiger partial charge is 0.507 e. The van der Waals surface area contributed by atoms with Gasteiger partial charge in [0, 0.05) is 15.6 Å². The number of allylic oxidation sites excluding steroid dienone is 1. The summed E-state index contributed by atoms with van der Waals surface area (Å²) in [6, 6.07) is 8.26. The van der Waals surface area contributed by atoms with E-state index in [1.54, 1.807) is 36.4 Å². The molecule has 2 heterocycles. The van der Waals surface area contributed by atoms with Crippen molar-refractivity contribution in [2.45, 2.75) is 6.54 Å². The third-order valence-corrected chi connectivity index (χ3v) is 5.48. The summed E-state index contributed by atoms with van der Waals surface area (Å²) in [4.78, 5) is 14.1. The Balaban J connectivity index is 1.69. The van der Waals surface area contributed by atoms with Crippen LogP contribution < -0.4 is 9.64 Å². The molecule has 1 fully saturated rings. The molecule has 2 aromatic carbocycles. The van der Waals surface area contributed by atoms with Crippen LogP contribution in [0.5, 0.6) is 11.5 Å². The Labute approximate surface area is 166 Å². The van der Waals surface area contributed by atoms with Crippen LogP contribution in [0.1, 0.15) is 21.5 Å². The lowest BCUT2D eigenvalue weighted by molar-refractivity contribution is -0.921. The highest BCUT2D eigenvalue weighted by atomic mass is 35.5. The van der Waals surface area contributed by atoms with Crippen molar-refractivity contribution in [3.05, 3.63) is 62.8 Å². The Bertz CT molecular complexity index is 916. The van der Waals surface area contributed by atoms with Crippen LogP contribution in [0.4, 0.5) is 0 Å². The number of ether oxygens (including phenoxy) is 2. The summed E-state index contributed by atoms with van der Waals surface area (Å²) >= 11 is 12.4. The number of hydrogen-bond donors (Lipinski definition) is 2. The molecule has 0 bridgehead atoms. The van der Waals surface area contributed by atoms with Gasteiger partial charge in [-0.3, -0.25) is 4.79 Å². The van der Waals surface area contributed by atoms with Gasteiger partial charge in [-0.25, -0.2) is 0 Å². The minimum atomic E-state index is -0.251. The number of phenolic OH excluding ortho intramolecular Hbond substituents is 1. The summed E-state index contributed by atoms with van der Waals surface area (Å²) < 4.78 is 11.3. The molecular formula is C20H18Cl2NO4+. The van der Waals surface area contributed by atoms with Gasteiger partial charge in [0.15, 0.2) is 11.5 Å². The molecule has 0 unspecified atom stereocenters. The SMILES string of the molecule is O=C1/C(=C/c2c(Cl)cccc2Cl)Oc2c1ccc(O)c2C[NH+]1CCOCC1. The molecule has 2 N–H and O–H groups in total. The Kier molecular flexibility index (Phi) is 5.10. The Morgan fingerprint density at radius 2 is 1.81 bits per heavy atom. The van der Waals surface area contributed by atoms with E-state index < -0.39 is 0 Å². The first-order chi connectivity index (χ1) is 13.0. The standard InChI is InChI=1S/C20H17Cl2NO4/c21-15-2-1-3-16(22)13(15)10-18-19(25)12-4-5-17(24)14(20(12)27-18)11-23-6-8-26-9-7-23/h1-5,10,24H,6-9,11H2/p+1/b18-10-. The van der Waals surface area contributed by atoms with E-state index in [-0.39, 0.29) is 17.3 Å². The Morgan fingerprint density at radius 3 is 2.52 bits per heavy atom. The lowest BCUT2D eigenvalue weighted by Gasteiger charge is -2.24. The zero-order valence-electron chi connectivity index (χ0n) is 14.4. The van der Waals surface area contributed by atoms with Gasteiger partial charge in [-0.05, 0) is 30.3 Å². The van der Waals surface area contributed by atoms with Crippen molar-refractivity contribution >= 4 is 35.1 Å². The zero-order valence-corrected chi connectivity index (χ0v) is 15.9. The van der Waals surface area contributed by atoms with Crippen LogP contribution in [0.2, 0.25) is 10.0 Å². The molecule has 2 aliphatic rings. The van der Waals surface area contributed by atoms with Gasteiger partial charge >= 0.3 is 0 Å². The predicted molar refractivity (Wildman–Crippen MR) is 103 cm³/mol.